The zero-order valence-corrected chi connectivity index (χ0v) is 12.3. The predicted octanol–water partition coefficient (Wildman–Crippen LogP) is 4.93. The van der Waals surface area contributed by atoms with Crippen molar-refractivity contribution in [1.29, 1.82) is 0 Å². The van der Waals surface area contributed by atoms with Gasteiger partial charge in [0.2, 0.25) is 0 Å². The van der Waals surface area contributed by atoms with Gasteiger partial charge in [0, 0.05) is 12.6 Å². The Labute approximate surface area is 120 Å². The highest BCUT2D eigenvalue weighted by Gasteiger charge is 2.18. The van der Waals surface area contributed by atoms with Crippen LogP contribution in [-0.2, 0) is 6.54 Å². The van der Waals surface area contributed by atoms with Crippen LogP contribution in [0, 0.1) is 11.7 Å². The van der Waals surface area contributed by atoms with Crippen molar-refractivity contribution in [3.8, 4) is 0 Å². The Bertz CT molecular complexity index is 400. The standard InChI is InChI=1S/C16H23ClFN/c1-12(13-7-4-2-3-5-8-13)19-11-14-9-6-10-15(18)16(14)17/h6,9-10,12-13,19H,2-5,7-8,11H2,1H3/t12-/m1/s1. The molecule has 0 unspecified atom stereocenters. The van der Waals surface area contributed by atoms with Gasteiger partial charge in [-0.1, -0.05) is 49.4 Å². The van der Waals surface area contributed by atoms with E-state index in [0.717, 1.165) is 11.5 Å². The molecule has 0 spiro atoms. The zero-order chi connectivity index (χ0) is 13.7. The van der Waals surface area contributed by atoms with Gasteiger partial charge in [0.15, 0.2) is 0 Å². The van der Waals surface area contributed by atoms with Crippen molar-refractivity contribution in [2.45, 2.75) is 58.0 Å². The summed E-state index contributed by atoms with van der Waals surface area (Å²) in [5, 5.41) is 3.77. The molecule has 1 aliphatic carbocycles. The number of rotatable bonds is 4. The van der Waals surface area contributed by atoms with Gasteiger partial charge in [-0.2, -0.15) is 0 Å². The Morgan fingerprint density at radius 3 is 2.63 bits per heavy atom. The molecule has 0 radical (unpaired) electrons. The molecule has 1 aromatic carbocycles. The van der Waals surface area contributed by atoms with Crippen LogP contribution in [0.2, 0.25) is 5.02 Å². The first-order valence-corrected chi connectivity index (χ1v) is 7.72. The summed E-state index contributed by atoms with van der Waals surface area (Å²) in [4.78, 5) is 0. The molecule has 1 nitrogen and oxygen atoms in total. The third-order valence-electron chi connectivity index (χ3n) is 4.25. The van der Waals surface area contributed by atoms with Crippen LogP contribution < -0.4 is 5.32 Å². The van der Waals surface area contributed by atoms with E-state index in [2.05, 4.69) is 12.2 Å². The molecule has 106 valence electrons. The van der Waals surface area contributed by atoms with Gasteiger partial charge < -0.3 is 5.32 Å². The van der Waals surface area contributed by atoms with Gasteiger partial charge in [0.25, 0.3) is 0 Å². The minimum absolute atomic E-state index is 0.253. The molecule has 1 aliphatic rings. The summed E-state index contributed by atoms with van der Waals surface area (Å²) in [5.74, 6) is 0.415. The molecule has 2 rings (SSSR count). The Kier molecular flexibility index (Phi) is 5.65. The fraction of sp³-hybridized carbons (Fsp3) is 0.625. The van der Waals surface area contributed by atoms with Crippen molar-refractivity contribution in [2.24, 2.45) is 5.92 Å². The SMILES string of the molecule is C[C@@H](NCc1cccc(F)c1Cl)C1CCCCCC1. The molecular weight excluding hydrogens is 261 g/mol. The van der Waals surface area contributed by atoms with E-state index in [9.17, 15) is 4.39 Å². The molecular formula is C16H23ClFN. The van der Waals surface area contributed by atoms with E-state index in [-0.39, 0.29) is 10.8 Å². The monoisotopic (exact) mass is 283 g/mol. The van der Waals surface area contributed by atoms with E-state index in [1.165, 1.54) is 44.6 Å². The van der Waals surface area contributed by atoms with Crippen molar-refractivity contribution in [3.63, 3.8) is 0 Å². The molecule has 0 saturated heterocycles. The predicted molar refractivity (Wildman–Crippen MR) is 78.9 cm³/mol. The van der Waals surface area contributed by atoms with Crippen molar-refractivity contribution < 1.29 is 4.39 Å². The Balaban J connectivity index is 1.88. The minimum atomic E-state index is -0.330. The Hall–Kier alpha value is -0.600. The third kappa shape index (κ3) is 4.19. The third-order valence-corrected chi connectivity index (χ3v) is 4.68. The summed E-state index contributed by atoms with van der Waals surface area (Å²) in [6.07, 6.45) is 8.06. The van der Waals surface area contributed by atoms with Gasteiger partial charge in [0.05, 0.1) is 5.02 Å². The molecule has 3 heteroatoms. The fourth-order valence-corrected chi connectivity index (χ4v) is 3.13. The average molecular weight is 284 g/mol. The van der Waals surface area contributed by atoms with Crippen molar-refractivity contribution in [2.75, 3.05) is 0 Å². The number of nitrogens with one attached hydrogen (secondary N) is 1. The summed E-state index contributed by atoms with van der Waals surface area (Å²) in [6, 6.07) is 5.48. The maximum atomic E-state index is 13.4. The highest BCUT2D eigenvalue weighted by Crippen LogP contribution is 2.26. The lowest BCUT2D eigenvalue weighted by molar-refractivity contribution is 0.336. The maximum Gasteiger partial charge on any atom is 0.142 e. The van der Waals surface area contributed by atoms with Gasteiger partial charge in [-0.05, 0) is 37.3 Å². The van der Waals surface area contributed by atoms with Crippen molar-refractivity contribution in [3.05, 3.63) is 34.6 Å². The lowest BCUT2D eigenvalue weighted by Gasteiger charge is -2.24. The van der Waals surface area contributed by atoms with E-state index >= 15 is 0 Å². The molecule has 1 aromatic rings. The van der Waals surface area contributed by atoms with Crippen molar-refractivity contribution >= 4 is 11.6 Å². The maximum absolute atomic E-state index is 13.4. The topological polar surface area (TPSA) is 12.0 Å². The number of benzene rings is 1. The molecule has 1 fully saturated rings. The first kappa shape index (κ1) is 14.8. The van der Waals surface area contributed by atoms with Gasteiger partial charge in [-0.25, -0.2) is 4.39 Å². The largest absolute Gasteiger partial charge is 0.310 e. The molecule has 0 amide bonds. The van der Waals surface area contributed by atoms with E-state index in [4.69, 9.17) is 11.6 Å². The molecule has 19 heavy (non-hydrogen) atoms. The molecule has 0 bridgehead atoms. The summed E-state index contributed by atoms with van der Waals surface area (Å²) < 4.78 is 13.4. The fourth-order valence-electron chi connectivity index (χ4n) is 2.93. The van der Waals surface area contributed by atoms with Crippen molar-refractivity contribution in [1.82, 2.24) is 5.32 Å². The molecule has 0 aromatic heterocycles. The second-order valence-corrected chi connectivity index (χ2v) is 6.01. The smallest absolute Gasteiger partial charge is 0.142 e. The summed E-state index contributed by atoms with van der Waals surface area (Å²) >= 11 is 5.97. The molecule has 0 aliphatic heterocycles. The highest BCUT2D eigenvalue weighted by molar-refractivity contribution is 6.31. The molecule has 1 atom stereocenters. The molecule has 0 heterocycles. The van der Waals surface area contributed by atoms with Crippen LogP contribution in [0.15, 0.2) is 18.2 Å². The Morgan fingerprint density at radius 2 is 1.95 bits per heavy atom. The van der Waals surface area contributed by atoms with Gasteiger partial charge in [-0.15, -0.1) is 0 Å². The van der Waals surface area contributed by atoms with Crippen LogP contribution in [0.3, 0.4) is 0 Å². The number of halogens is 2. The van der Waals surface area contributed by atoms with Crippen LogP contribution in [0.1, 0.15) is 51.0 Å². The first-order valence-electron chi connectivity index (χ1n) is 7.34. The van der Waals surface area contributed by atoms with Crippen LogP contribution in [-0.4, -0.2) is 6.04 Å². The summed E-state index contributed by atoms with van der Waals surface area (Å²) in [7, 11) is 0. The van der Waals surface area contributed by atoms with E-state index in [0.29, 0.717) is 12.6 Å². The van der Waals surface area contributed by atoms with Gasteiger partial charge in [-0.3, -0.25) is 0 Å². The van der Waals surface area contributed by atoms with Crippen LogP contribution >= 0.6 is 11.6 Å². The highest BCUT2D eigenvalue weighted by atomic mass is 35.5. The normalized spacial score (nSPS) is 19.1. The van der Waals surface area contributed by atoms with Gasteiger partial charge in [0.1, 0.15) is 5.82 Å². The average Bonchev–Trinajstić information content (AvgIpc) is 2.69. The number of hydrogen-bond acceptors (Lipinski definition) is 1. The molecule has 1 N–H and O–H groups in total. The lowest BCUT2D eigenvalue weighted by Crippen LogP contribution is -2.33. The zero-order valence-electron chi connectivity index (χ0n) is 11.6. The second-order valence-electron chi connectivity index (χ2n) is 5.63. The van der Waals surface area contributed by atoms with Gasteiger partial charge >= 0.3 is 0 Å². The van der Waals surface area contributed by atoms with E-state index < -0.39 is 0 Å². The quantitative estimate of drug-likeness (QED) is 0.773. The minimum Gasteiger partial charge on any atom is -0.310 e. The summed E-state index contributed by atoms with van der Waals surface area (Å²) in [6.45, 7) is 2.89. The Morgan fingerprint density at radius 1 is 1.26 bits per heavy atom. The second kappa shape index (κ2) is 7.25. The lowest BCUT2D eigenvalue weighted by atomic mass is 9.93. The van der Waals surface area contributed by atoms with E-state index in [1.807, 2.05) is 6.07 Å². The first-order chi connectivity index (χ1) is 9.18. The van der Waals surface area contributed by atoms with E-state index in [1.54, 1.807) is 6.07 Å². The molecule has 1 saturated carbocycles. The number of hydrogen-bond donors (Lipinski definition) is 1. The van der Waals surface area contributed by atoms with Crippen LogP contribution in [0.25, 0.3) is 0 Å². The van der Waals surface area contributed by atoms with Crippen LogP contribution in [0.5, 0.6) is 0 Å². The summed E-state index contributed by atoms with van der Waals surface area (Å²) in [5.41, 5.74) is 0.849. The van der Waals surface area contributed by atoms with Crippen LogP contribution in [0.4, 0.5) is 4.39 Å².